The first-order valence-corrected chi connectivity index (χ1v) is 6.43. The van der Waals surface area contributed by atoms with Crippen molar-refractivity contribution in [3.05, 3.63) is 36.2 Å². The molecule has 0 spiro atoms. The molecule has 3 rings (SSSR count). The quantitative estimate of drug-likeness (QED) is 0.871. The average molecular weight is 256 g/mol. The molecule has 6 nitrogen and oxygen atoms in total. The van der Waals surface area contributed by atoms with Gasteiger partial charge >= 0.3 is 0 Å². The second kappa shape index (κ2) is 5.27. The molecule has 98 valence electrons. The fraction of sp³-hybridized carbons (Fsp3) is 0.385. The van der Waals surface area contributed by atoms with Gasteiger partial charge in [-0.1, -0.05) is 0 Å². The van der Waals surface area contributed by atoms with Crippen LogP contribution in [0.5, 0.6) is 0 Å². The summed E-state index contributed by atoms with van der Waals surface area (Å²) in [5.74, 6) is 2.21. The number of aromatic nitrogens is 4. The van der Waals surface area contributed by atoms with Gasteiger partial charge in [0.1, 0.15) is 17.5 Å². The molecule has 1 atom stereocenters. The summed E-state index contributed by atoms with van der Waals surface area (Å²) >= 11 is 0. The largest absolute Gasteiger partial charge is 0.324 e. The van der Waals surface area contributed by atoms with Crippen molar-refractivity contribution in [2.24, 2.45) is 0 Å². The highest BCUT2D eigenvalue weighted by atomic mass is 15.1. The van der Waals surface area contributed by atoms with E-state index in [1.807, 2.05) is 13.0 Å². The van der Waals surface area contributed by atoms with Crippen LogP contribution in [0, 0.1) is 6.92 Å². The second-order valence-electron chi connectivity index (χ2n) is 4.59. The Labute approximate surface area is 111 Å². The van der Waals surface area contributed by atoms with Gasteiger partial charge in [0.15, 0.2) is 0 Å². The summed E-state index contributed by atoms with van der Waals surface area (Å²) in [5, 5.41) is 6.60. The highest BCUT2D eigenvalue weighted by Gasteiger charge is 2.18. The number of nitrogens with one attached hydrogen (secondary N) is 2. The van der Waals surface area contributed by atoms with E-state index in [-0.39, 0.29) is 0 Å². The maximum Gasteiger partial charge on any atom is 0.150 e. The number of rotatable bonds is 3. The van der Waals surface area contributed by atoms with Crippen molar-refractivity contribution in [3.8, 4) is 0 Å². The van der Waals surface area contributed by atoms with E-state index in [0.29, 0.717) is 11.9 Å². The Morgan fingerprint density at radius 2 is 2.21 bits per heavy atom. The fourth-order valence-corrected chi connectivity index (χ4v) is 2.27. The first-order valence-electron chi connectivity index (χ1n) is 6.43. The van der Waals surface area contributed by atoms with E-state index in [1.54, 1.807) is 18.6 Å². The van der Waals surface area contributed by atoms with Crippen molar-refractivity contribution in [1.82, 2.24) is 25.3 Å². The summed E-state index contributed by atoms with van der Waals surface area (Å²) < 4.78 is 0. The van der Waals surface area contributed by atoms with Crippen LogP contribution in [-0.4, -0.2) is 26.5 Å². The Balaban J connectivity index is 1.85. The van der Waals surface area contributed by atoms with Crippen molar-refractivity contribution in [1.29, 1.82) is 0 Å². The molecular weight excluding hydrogens is 240 g/mol. The molecule has 1 aliphatic heterocycles. The Kier molecular flexibility index (Phi) is 3.33. The summed E-state index contributed by atoms with van der Waals surface area (Å²) in [7, 11) is 0. The van der Waals surface area contributed by atoms with Crippen molar-refractivity contribution >= 4 is 11.6 Å². The predicted octanol–water partition coefficient (Wildman–Crippen LogP) is 1.74. The molecule has 0 aliphatic carbocycles. The lowest BCUT2D eigenvalue weighted by molar-refractivity contribution is 0.623. The molecule has 19 heavy (non-hydrogen) atoms. The zero-order valence-electron chi connectivity index (χ0n) is 10.8. The smallest absolute Gasteiger partial charge is 0.150 e. The van der Waals surface area contributed by atoms with E-state index in [4.69, 9.17) is 0 Å². The lowest BCUT2D eigenvalue weighted by atomic mass is 10.1. The van der Waals surface area contributed by atoms with Gasteiger partial charge in [-0.2, -0.15) is 0 Å². The van der Waals surface area contributed by atoms with Crippen LogP contribution in [0.1, 0.15) is 30.4 Å². The van der Waals surface area contributed by atoms with Crippen LogP contribution in [0.3, 0.4) is 0 Å². The predicted molar refractivity (Wildman–Crippen MR) is 72.1 cm³/mol. The Bertz CT molecular complexity index is 550. The van der Waals surface area contributed by atoms with Gasteiger partial charge in [-0.05, 0) is 26.3 Å². The first kappa shape index (κ1) is 12.0. The van der Waals surface area contributed by atoms with E-state index < -0.39 is 0 Å². The summed E-state index contributed by atoms with van der Waals surface area (Å²) in [6.45, 7) is 2.96. The van der Waals surface area contributed by atoms with Gasteiger partial charge in [-0.3, -0.25) is 4.98 Å². The summed E-state index contributed by atoms with van der Waals surface area (Å²) in [4.78, 5) is 17.1. The van der Waals surface area contributed by atoms with Crippen LogP contribution in [0.2, 0.25) is 0 Å². The fourth-order valence-electron chi connectivity index (χ4n) is 2.27. The van der Waals surface area contributed by atoms with E-state index in [9.17, 15) is 0 Å². The maximum absolute atomic E-state index is 4.51. The summed E-state index contributed by atoms with van der Waals surface area (Å²) in [6.07, 6.45) is 7.28. The zero-order chi connectivity index (χ0) is 13.1. The number of aryl methyl sites for hydroxylation is 1. The molecule has 1 fully saturated rings. The van der Waals surface area contributed by atoms with Crippen LogP contribution in [0.4, 0.5) is 11.6 Å². The molecule has 0 radical (unpaired) electrons. The van der Waals surface area contributed by atoms with Gasteiger partial charge in [0.25, 0.3) is 0 Å². The molecule has 1 aliphatic rings. The molecule has 2 aromatic rings. The molecule has 1 unspecified atom stereocenters. The molecule has 3 heterocycles. The van der Waals surface area contributed by atoms with Crippen molar-refractivity contribution in [2.45, 2.75) is 25.8 Å². The van der Waals surface area contributed by atoms with E-state index in [2.05, 4.69) is 30.6 Å². The van der Waals surface area contributed by atoms with Gasteiger partial charge in [0.05, 0.1) is 11.9 Å². The van der Waals surface area contributed by atoms with E-state index in [0.717, 1.165) is 30.3 Å². The molecular formula is C13H16N6. The van der Waals surface area contributed by atoms with Crippen molar-refractivity contribution in [3.63, 3.8) is 0 Å². The third-order valence-electron chi connectivity index (χ3n) is 3.09. The Morgan fingerprint density at radius 1 is 1.26 bits per heavy atom. The van der Waals surface area contributed by atoms with E-state index in [1.165, 1.54) is 6.42 Å². The van der Waals surface area contributed by atoms with Gasteiger partial charge in [0.2, 0.25) is 0 Å². The molecule has 0 aromatic carbocycles. The van der Waals surface area contributed by atoms with Crippen LogP contribution in [0.25, 0.3) is 0 Å². The SMILES string of the molecule is Cc1nc(Nc2cnccn2)cc(C2CCCN2)n1. The Hall–Kier alpha value is -2.08. The van der Waals surface area contributed by atoms with Crippen molar-refractivity contribution in [2.75, 3.05) is 11.9 Å². The van der Waals surface area contributed by atoms with Gasteiger partial charge < -0.3 is 10.6 Å². The van der Waals surface area contributed by atoms with Gasteiger partial charge in [-0.25, -0.2) is 15.0 Å². The number of nitrogens with zero attached hydrogens (tertiary/aromatic N) is 4. The third kappa shape index (κ3) is 2.85. The highest BCUT2D eigenvalue weighted by Crippen LogP contribution is 2.23. The average Bonchev–Trinajstić information content (AvgIpc) is 2.93. The Morgan fingerprint density at radius 3 is 2.95 bits per heavy atom. The van der Waals surface area contributed by atoms with Crippen LogP contribution >= 0.6 is 0 Å². The normalized spacial score (nSPS) is 18.5. The lowest BCUT2D eigenvalue weighted by Crippen LogP contribution is -2.15. The summed E-state index contributed by atoms with van der Waals surface area (Å²) in [6, 6.07) is 2.31. The third-order valence-corrected chi connectivity index (χ3v) is 3.09. The molecule has 6 heteroatoms. The molecule has 0 bridgehead atoms. The van der Waals surface area contributed by atoms with E-state index >= 15 is 0 Å². The lowest BCUT2D eigenvalue weighted by Gasteiger charge is -2.12. The maximum atomic E-state index is 4.51. The molecule has 0 saturated carbocycles. The van der Waals surface area contributed by atoms with Crippen LogP contribution in [-0.2, 0) is 0 Å². The standard InChI is InChI=1S/C13H16N6/c1-9-17-11(10-3-2-4-15-10)7-12(18-9)19-13-8-14-5-6-16-13/h5-8,10,15H,2-4H2,1H3,(H,16,17,18,19). The topological polar surface area (TPSA) is 75.6 Å². The molecule has 0 amide bonds. The molecule has 2 N–H and O–H groups in total. The number of hydrogen-bond donors (Lipinski definition) is 2. The molecule has 1 saturated heterocycles. The van der Waals surface area contributed by atoms with Crippen molar-refractivity contribution < 1.29 is 0 Å². The monoisotopic (exact) mass is 256 g/mol. The zero-order valence-corrected chi connectivity index (χ0v) is 10.8. The van der Waals surface area contributed by atoms with Crippen LogP contribution in [0.15, 0.2) is 24.7 Å². The highest BCUT2D eigenvalue weighted by molar-refractivity contribution is 5.50. The number of anilines is 2. The first-order chi connectivity index (χ1) is 9.31. The molecule has 2 aromatic heterocycles. The second-order valence-corrected chi connectivity index (χ2v) is 4.59. The van der Waals surface area contributed by atoms with Gasteiger partial charge in [-0.15, -0.1) is 0 Å². The minimum Gasteiger partial charge on any atom is -0.324 e. The number of hydrogen-bond acceptors (Lipinski definition) is 6. The minimum absolute atomic E-state index is 0.337. The summed E-state index contributed by atoms with van der Waals surface area (Å²) in [5.41, 5.74) is 1.04. The van der Waals surface area contributed by atoms with Gasteiger partial charge in [0, 0.05) is 24.5 Å². The minimum atomic E-state index is 0.337. The van der Waals surface area contributed by atoms with Crippen LogP contribution < -0.4 is 10.6 Å².